The van der Waals surface area contributed by atoms with Crippen LogP contribution in [0.15, 0.2) is 30.2 Å². The second-order valence-corrected chi connectivity index (χ2v) is 6.51. The molecule has 6 heteroatoms. The van der Waals surface area contributed by atoms with E-state index in [1.165, 1.54) is 0 Å². The lowest BCUT2D eigenvalue weighted by Gasteiger charge is -2.39. The highest BCUT2D eigenvalue weighted by Crippen LogP contribution is 2.43. The highest BCUT2D eigenvalue weighted by molar-refractivity contribution is 6.30. The zero-order valence-corrected chi connectivity index (χ0v) is 13.4. The third kappa shape index (κ3) is 3.08. The number of allylic oxidation sites excluding steroid dienone is 1. The minimum atomic E-state index is -0.386. The fraction of sp³-hybridized carbons (Fsp3) is 0.471. The lowest BCUT2D eigenvalue weighted by molar-refractivity contribution is -0.205. The van der Waals surface area contributed by atoms with E-state index < -0.39 is 0 Å². The van der Waals surface area contributed by atoms with E-state index in [0.717, 1.165) is 36.9 Å². The van der Waals surface area contributed by atoms with Gasteiger partial charge < -0.3 is 9.47 Å². The topological polar surface area (TPSA) is 52.6 Å². The summed E-state index contributed by atoms with van der Waals surface area (Å²) in [6.07, 6.45) is 8.72. The number of rotatable bonds is 0. The Morgan fingerprint density at radius 2 is 1.87 bits per heavy atom. The minimum absolute atomic E-state index is 0.308. The van der Waals surface area contributed by atoms with Crippen molar-refractivity contribution in [2.45, 2.75) is 37.1 Å². The Balaban J connectivity index is 1.46. The van der Waals surface area contributed by atoms with Crippen molar-refractivity contribution in [3.63, 3.8) is 0 Å². The fourth-order valence-electron chi connectivity index (χ4n) is 3.25. The van der Waals surface area contributed by atoms with Gasteiger partial charge in [-0.25, -0.2) is 0 Å². The zero-order chi connectivity index (χ0) is 15.8. The Bertz CT molecular complexity index is 691. The third-order valence-electron chi connectivity index (χ3n) is 4.49. The minimum Gasteiger partial charge on any atom is -0.348 e. The molecule has 0 atom stereocenters. The van der Waals surface area contributed by atoms with Gasteiger partial charge in [-0.2, -0.15) is 0 Å². The molecule has 5 nitrogen and oxygen atoms in total. The predicted molar refractivity (Wildman–Crippen MR) is 84.3 cm³/mol. The van der Waals surface area contributed by atoms with Crippen molar-refractivity contribution >= 4 is 11.6 Å². The lowest BCUT2D eigenvalue weighted by Crippen LogP contribution is -2.43. The molecule has 1 aromatic heterocycles. The molecule has 1 saturated carbocycles. The van der Waals surface area contributed by atoms with E-state index in [1.807, 2.05) is 0 Å². The third-order valence-corrected chi connectivity index (χ3v) is 4.70. The van der Waals surface area contributed by atoms with Gasteiger partial charge in [0.25, 0.3) is 0 Å². The first kappa shape index (κ1) is 15.0. The summed E-state index contributed by atoms with van der Waals surface area (Å²) >= 11 is 5.91. The number of hydroxylamine groups is 1. The van der Waals surface area contributed by atoms with Crippen LogP contribution in [0.5, 0.6) is 0 Å². The summed E-state index contributed by atoms with van der Waals surface area (Å²) in [6.45, 7) is 1.37. The molecule has 0 bridgehead atoms. The summed E-state index contributed by atoms with van der Waals surface area (Å²) in [7, 11) is 0. The van der Waals surface area contributed by atoms with Crippen molar-refractivity contribution in [2.75, 3.05) is 13.2 Å². The van der Waals surface area contributed by atoms with Crippen LogP contribution in [0, 0.1) is 11.8 Å². The molecule has 1 N–H and O–H groups in total. The summed E-state index contributed by atoms with van der Waals surface area (Å²) in [5.41, 5.74) is 4.17. The standard InChI is InChI=1S/C17H17ClN2O3/c18-14-9-13(11-19-12-14)1-2-15-10-16(23-20-15)3-5-17(6-4-16)21-7-8-22-17/h9-12,20H,3-8H2. The average molecular weight is 333 g/mol. The first-order chi connectivity index (χ1) is 11.2. The van der Waals surface area contributed by atoms with Crippen LogP contribution in [-0.4, -0.2) is 29.6 Å². The number of hydrogen-bond acceptors (Lipinski definition) is 5. The second kappa shape index (κ2) is 5.81. The normalized spacial score (nSPS) is 24.1. The Kier molecular flexibility index (Phi) is 3.78. The molecule has 1 saturated heterocycles. The van der Waals surface area contributed by atoms with Gasteiger partial charge in [-0.3, -0.25) is 15.3 Å². The molecule has 0 amide bonds. The fourth-order valence-corrected chi connectivity index (χ4v) is 3.42. The maximum absolute atomic E-state index is 5.91. The summed E-state index contributed by atoms with van der Waals surface area (Å²) in [5, 5.41) is 0.576. The SMILES string of the molecule is Clc1cncc(C#CC2=CC3(CCC4(CC3)OCCO4)ON2)c1. The highest BCUT2D eigenvalue weighted by Gasteiger charge is 2.48. The molecule has 23 heavy (non-hydrogen) atoms. The number of halogens is 1. The summed E-state index contributed by atoms with van der Waals surface area (Å²) in [4.78, 5) is 9.83. The molecule has 120 valence electrons. The van der Waals surface area contributed by atoms with Gasteiger partial charge in [0.2, 0.25) is 0 Å². The number of aromatic nitrogens is 1. The quantitative estimate of drug-likeness (QED) is 0.740. The van der Waals surface area contributed by atoms with Crippen LogP contribution >= 0.6 is 11.6 Å². The number of hydrogen-bond donors (Lipinski definition) is 1. The monoisotopic (exact) mass is 332 g/mol. The van der Waals surface area contributed by atoms with Gasteiger partial charge in [0.15, 0.2) is 5.79 Å². The lowest BCUT2D eigenvalue weighted by atomic mass is 9.81. The Morgan fingerprint density at radius 3 is 2.61 bits per heavy atom. The number of ether oxygens (including phenoxy) is 2. The molecular weight excluding hydrogens is 316 g/mol. The molecule has 2 fully saturated rings. The molecule has 3 aliphatic rings. The van der Waals surface area contributed by atoms with Gasteiger partial charge in [-0.05, 0) is 30.9 Å². The summed E-state index contributed by atoms with van der Waals surface area (Å²) in [6, 6.07) is 1.78. The van der Waals surface area contributed by atoms with E-state index >= 15 is 0 Å². The number of nitrogens with one attached hydrogen (secondary N) is 1. The largest absolute Gasteiger partial charge is 0.348 e. The molecule has 0 radical (unpaired) electrons. The van der Waals surface area contributed by atoms with Crippen molar-refractivity contribution in [1.82, 2.24) is 10.5 Å². The smallest absolute Gasteiger partial charge is 0.168 e. The second-order valence-electron chi connectivity index (χ2n) is 6.08. The first-order valence-corrected chi connectivity index (χ1v) is 8.12. The molecular formula is C17H17ClN2O3. The maximum Gasteiger partial charge on any atom is 0.168 e. The molecule has 2 aliphatic heterocycles. The van der Waals surface area contributed by atoms with E-state index in [2.05, 4.69) is 28.4 Å². The van der Waals surface area contributed by atoms with Crippen molar-refractivity contribution < 1.29 is 14.3 Å². The van der Waals surface area contributed by atoms with E-state index in [-0.39, 0.29) is 11.4 Å². The van der Waals surface area contributed by atoms with Crippen LogP contribution < -0.4 is 5.48 Å². The van der Waals surface area contributed by atoms with Gasteiger partial charge in [0, 0.05) is 30.8 Å². The molecule has 2 spiro atoms. The van der Waals surface area contributed by atoms with Crippen LogP contribution in [0.1, 0.15) is 31.2 Å². The van der Waals surface area contributed by atoms with Crippen molar-refractivity contribution in [1.29, 1.82) is 0 Å². The first-order valence-electron chi connectivity index (χ1n) is 7.75. The Hall–Kier alpha value is -1.58. The van der Waals surface area contributed by atoms with E-state index in [4.69, 9.17) is 25.9 Å². The average Bonchev–Trinajstić information content (AvgIpc) is 3.17. The number of pyridine rings is 1. The summed E-state index contributed by atoms with van der Waals surface area (Å²) in [5.74, 6) is 5.73. The molecule has 1 aliphatic carbocycles. The van der Waals surface area contributed by atoms with Gasteiger partial charge in [-0.1, -0.05) is 17.5 Å². The van der Waals surface area contributed by atoms with Crippen LogP contribution in [0.2, 0.25) is 5.02 Å². The predicted octanol–water partition coefficient (Wildman–Crippen LogP) is 2.56. The van der Waals surface area contributed by atoms with E-state index in [0.29, 0.717) is 18.2 Å². The van der Waals surface area contributed by atoms with Crippen molar-refractivity contribution in [3.8, 4) is 11.8 Å². The van der Waals surface area contributed by atoms with Gasteiger partial charge in [0.1, 0.15) is 11.3 Å². The van der Waals surface area contributed by atoms with Gasteiger partial charge in [0.05, 0.1) is 18.2 Å². The van der Waals surface area contributed by atoms with Crippen LogP contribution in [0.3, 0.4) is 0 Å². The van der Waals surface area contributed by atoms with Gasteiger partial charge >= 0.3 is 0 Å². The molecule has 1 aromatic rings. The van der Waals surface area contributed by atoms with E-state index in [1.54, 1.807) is 18.5 Å². The Morgan fingerprint density at radius 1 is 1.09 bits per heavy atom. The molecule has 4 rings (SSSR count). The van der Waals surface area contributed by atoms with Crippen molar-refractivity contribution in [2.24, 2.45) is 0 Å². The highest BCUT2D eigenvalue weighted by atomic mass is 35.5. The van der Waals surface area contributed by atoms with Crippen molar-refractivity contribution in [3.05, 3.63) is 40.8 Å². The van der Waals surface area contributed by atoms with E-state index in [9.17, 15) is 0 Å². The van der Waals surface area contributed by atoms with Crippen LogP contribution in [0.25, 0.3) is 0 Å². The Labute approximate surface area is 139 Å². The van der Waals surface area contributed by atoms with Gasteiger partial charge in [-0.15, -0.1) is 0 Å². The molecule has 3 heterocycles. The van der Waals surface area contributed by atoms with Crippen LogP contribution in [-0.2, 0) is 14.3 Å². The molecule has 0 unspecified atom stereocenters. The maximum atomic E-state index is 5.91. The zero-order valence-electron chi connectivity index (χ0n) is 12.6. The molecule has 0 aromatic carbocycles. The number of nitrogens with zero attached hydrogens (tertiary/aromatic N) is 1. The van der Waals surface area contributed by atoms with Crippen LogP contribution in [0.4, 0.5) is 0 Å². The summed E-state index contributed by atoms with van der Waals surface area (Å²) < 4.78 is 11.5.